The van der Waals surface area contributed by atoms with Gasteiger partial charge in [0.25, 0.3) is 0 Å². The Balaban J connectivity index is 1.53. The summed E-state index contributed by atoms with van der Waals surface area (Å²) < 4.78 is 9.15. The minimum atomic E-state index is 0.455. The molecule has 0 bridgehead atoms. The van der Waals surface area contributed by atoms with Crippen LogP contribution in [0.15, 0.2) is 42.7 Å². The third-order valence-corrected chi connectivity index (χ3v) is 5.11. The Bertz CT molecular complexity index is 1260. The zero-order chi connectivity index (χ0) is 20.5. The van der Waals surface area contributed by atoms with Crippen molar-refractivity contribution in [2.45, 2.75) is 0 Å². The van der Waals surface area contributed by atoms with E-state index in [2.05, 4.69) is 31.8 Å². The summed E-state index contributed by atoms with van der Waals surface area (Å²) in [5.74, 6) is 8.20. The highest BCUT2D eigenvalue weighted by molar-refractivity contribution is 5.87. The minimum absolute atomic E-state index is 0.455. The van der Waals surface area contributed by atoms with Crippen LogP contribution >= 0.6 is 0 Å². The van der Waals surface area contributed by atoms with Gasteiger partial charge in [-0.15, -0.1) is 0 Å². The fourth-order valence-corrected chi connectivity index (χ4v) is 3.52. The van der Waals surface area contributed by atoms with Crippen LogP contribution in [0.1, 0.15) is 11.6 Å². The van der Waals surface area contributed by atoms with Gasteiger partial charge >= 0.3 is 0 Å². The number of fused-ring (bicyclic) bond motifs is 1. The van der Waals surface area contributed by atoms with Gasteiger partial charge in [0.05, 0.1) is 30.5 Å². The molecule has 0 spiro atoms. The van der Waals surface area contributed by atoms with E-state index in [1.165, 1.54) is 0 Å². The predicted octanol–water partition coefficient (Wildman–Crippen LogP) is 2.00. The number of hydrogen-bond acceptors (Lipinski definition) is 6. The Morgan fingerprint density at radius 2 is 1.77 bits per heavy atom. The highest BCUT2D eigenvalue weighted by Crippen LogP contribution is 2.24. The molecule has 4 heterocycles. The zero-order valence-corrected chi connectivity index (χ0v) is 16.9. The van der Waals surface area contributed by atoms with Crippen molar-refractivity contribution in [3.8, 4) is 23.1 Å². The lowest BCUT2D eigenvalue weighted by Crippen LogP contribution is -2.37. The Morgan fingerprint density at radius 3 is 2.57 bits per heavy atom. The fraction of sp³-hybridized carbons (Fsp3) is 0.273. The third kappa shape index (κ3) is 3.40. The van der Waals surface area contributed by atoms with E-state index in [9.17, 15) is 0 Å². The summed E-state index contributed by atoms with van der Waals surface area (Å²) in [5, 5.41) is 5.28. The smallest absolute Gasteiger partial charge is 0.209 e. The summed E-state index contributed by atoms with van der Waals surface area (Å²) in [6.45, 7) is 2.94. The van der Waals surface area contributed by atoms with Crippen LogP contribution in [0.2, 0.25) is 0 Å². The van der Waals surface area contributed by atoms with Crippen LogP contribution in [-0.2, 0) is 18.8 Å². The van der Waals surface area contributed by atoms with Crippen LogP contribution in [0.5, 0.6) is 0 Å². The molecule has 0 atom stereocenters. The van der Waals surface area contributed by atoms with Gasteiger partial charge in [-0.1, -0.05) is 30.3 Å². The number of rotatable bonds is 2. The molecule has 1 saturated heterocycles. The molecule has 150 valence electrons. The summed E-state index contributed by atoms with van der Waals surface area (Å²) in [6, 6.07) is 10.1. The maximum absolute atomic E-state index is 5.48. The molecule has 8 nitrogen and oxygen atoms in total. The molecular weight excluding hydrogens is 378 g/mol. The van der Waals surface area contributed by atoms with Gasteiger partial charge in [0.1, 0.15) is 5.82 Å². The number of aryl methyl sites for hydroxylation is 2. The Morgan fingerprint density at radius 1 is 0.967 bits per heavy atom. The van der Waals surface area contributed by atoms with Crippen LogP contribution in [0.25, 0.3) is 22.3 Å². The number of imidazole rings is 1. The van der Waals surface area contributed by atoms with E-state index in [0.29, 0.717) is 24.9 Å². The van der Waals surface area contributed by atoms with Crippen molar-refractivity contribution in [2.75, 3.05) is 31.2 Å². The average Bonchev–Trinajstić information content (AvgIpc) is 3.35. The fourth-order valence-electron chi connectivity index (χ4n) is 3.52. The molecule has 1 fully saturated rings. The molecule has 4 aromatic rings. The van der Waals surface area contributed by atoms with Gasteiger partial charge in [0.2, 0.25) is 5.82 Å². The molecule has 0 N–H and O–H groups in total. The van der Waals surface area contributed by atoms with Crippen molar-refractivity contribution in [1.29, 1.82) is 0 Å². The van der Waals surface area contributed by atoms with Crippen LogP contribution in [0.3, 0.4) is 0 Å². The molecule has 1 aliphatic heterocycles. The number of anilines is 1. The van der Waals surface area contributed by atoms with Crippen molar-refractivity contribution in [3.05, 3.63) is 54.4 Å². The van der Waals surface area contributed by atoms with Gasteiger partial charge in [0.15, 0.2) is 11.5 Å². The van der Waals surface area contributed by atoms with E-state index in [4.69, 9.17) is 9.72 Å². The molecule has 0 aliphatic carbocycles. The second-order valence-corrected chi connectivity index (χ2v) is 7.15. The average molecular weight is 399 g/mol. The summed E-state index contributed by atoms with van der Waals surface area (Å²) >= 11 is 0. The van der Waals surface area contributed by atoms with Crippen molar-refractivity contribution in [2.24, 2.45) is 14.1 Å². The van der Waals surface area contributed by atoms with Crippen molar-refractivity contribution >= 4 is 16.9 Å². The Hall–Kier alpha value is -3.70. The van der Waals surface area contributed by atoms with E-state index in [1.54, 1.807) is 4.68 Å². The molecule has 0 radical (unpaired) electrons. The molecule has 0 unspecified atom stereocenters. The molecule has 8 heteroatoms. The number of benzene rings is 1. The van der Waals surface area contributed by atoms with E-state index >= 15 is 0 Å². The molecule has 0 saturated carbocycles. The lowest BCUT2D eigenvalue weighted by atomic mass is 10.2. The second kappa shape index (κ2) is 7.61. The molecule has 3 aromatic heterocycles. The van der Waals surface area contributed by atoms with E-state index in [-0.39, 0.29) is 0 Å². The van der Waals surface area contributed by atoms with E-state index in [1.807, 2.05) is 61.4 Å². The lowest BCUT2D eigenvalue weighted by Gasteiger charge is -2.28. The van der Waals surface area contributed by atoms with E-state index in [0.717, 1.165) is 41.2 Å². The maximum Gasteiger partial charge on any atom is 0.209 e. The Kier molecular flexibility index (Phi) is 4.65. The van der Waals surface area contributed by atoms with Gasteiger partial charge in [-0.25, -0.2) is 15.0 Å². The van der Waals surface area contributed by atoms with Gasteiger partial charge in [-0.05, 0) is 11.8 Å². The highest BCUT2D eigenvalue weighted by Gasteiger charge is 2.19. The number of aromatic nitrogens is 6. The van der Waals surface area contributed by atoms with Gasteiger partial charge < -0.3 is 14.2 Å². The van der Waals surface area contributed by atoms with Gasteiger partial charge in [-0.2, -0.15) is 5.10 Å². The maximum atomic E-state index is 5.48. The molecule has 0 amide bonds. The molecular formula is C22H21N7O. The van der Waals surface area contributed by atoms with Crippen molar-refractivity contribution < 1.29 is 4.74 Å². The lowest BCUT2D eigenvalue weighted by molar-refractivity contribution is 0.122. The van der Waals surface area contributed by atoms with Gasteiger partial charge in [-0.3, -0.25) is 4.68 Å². The van der Waals surface area contributed by atoms with Crippen molar-refractivity contribution in [1.82, 2.24) is 29.3 Å². The number of hydrogen-bond donors (Lipinski definition) is 0. The SMILES string of the molecule is Cn1cc(-c2ccccc2)nc1C#Cc1nc(N2CCOCC2)c2cnn(C)c2n1. The summed E-state index contributed by atoms with van der Waals surface area (Å²) in [7, 11) is 3.81. The summed E-state index contributed by atoms with van der Waals surface area (Å²) in [5.41, 5.74) is 2.71. The first-order valence-corrected chi connectivity index (χ1v) is 9.82. The molecule has 30 heavy (non-hydrogen) atoms. The molecule has 5 rings (SSSR count). The number of ether oxygens (including phenoxy) is 1. The predicted molar refractivity (Wildman–Crippen MR) is 114 cm³/mol. The largest absolute Gasteiger partial charge is 0.378 e. The first-order chi connectivity index (χ1) is 14.7. The number of morpholine rings is 1. The topological polar surface area (TPSA) is 73.9 Å². The Labute approximate surface area is 174 Å². The van der Waals surface area contributed by atoms with Crippen LogP contribution in [0, 0.1) is 11.8 Å². The van der Waals surface area contributed by atoms with Crippen LogP contribution in [-0.4, -0.2) is 55.6 Å². The van der Waals surface area contributed by atoms with Crippen LogP contribution in [0.4, 0.5) is 5.82 Å². The normalized spacial score (nSPS) is 14.0. The quantitative estimate of drug-likeness (QED) is 0.480. The first-order valence-electron chi connectivity index (χ1n) is 9.82. The monoisotopic (exact) mass is 399 g/mol. The third-order valence-electron chi connectivity index (χ3n) is 5.11. The summed E-state index contributed by atoms with van der Waals surface area (Å²) in [6.07, 6.45) is 3.78. The number of nitrogens with zero attached hydrogens (tertiary/aromatic N) is 7. The van der Waals surface area contributed by atoms with E-state index < -0.39 is 0 Å². The second-order valence-electron chi connectivity index (χ2n) is 7.15. The van der Waals surface area contributed by atoms with Gasteiger partial charge in [0, 0.05) is 38.9 Å². The van der Waals surface area contributed by atoms with Crippen molar-refractivity contribution in [3.63, 3.8) is 0 Å². The first kappa shape index (κ1) is 18.3. The standard InChI is InChI=1S/C22H21N7O/c1-27-15-18(16-6-4-3-5-7-16)24-20(27)9-8-19-25-21-17(14-23-28(21)2)22(26-19)29-10-12-30-13-11-29/h3-7,14-15H,10-13H2,1-2H3. The minimum Gasteiger partial charge on any atom is -0.378 e. The highest BCUT2D eigenvalue weighted by atomic mass is 16.5. The zero-order valence-electron chi connectivity index (χ0n) is 16.9. The molecule has 1 aliphatic rings. The molecule has 1 aromatic carbocycles. The van der Waals surface area contributed by atoms with Crippen LogP contribution < -0.4 is 4.90 Å². The summed E-state index contributed by atoms with van der Waals surface area (Å²) in [4.78, 5) is 16.2.